The Morgan fingerprint density at radius 1 is 1.30 bits per heavy atom. The zero-order valence-corrected chi connectivity index (χ0v) is 16.8. The Morgan fingerprint density at radius 2 is 2.00 bits per heavy atom. The fourth-order valence-electron chi connectivity index (χ4n) is 3.64. The van der Waals surface area contributed by atoms with Gasteiger partial charge in [0.15, 0.2) is 16.4 Å². The highest BCUT2D eigenvalue weighted by molar-refractivity contribution is 7.91. The third kappa shape index (κ3) is 4.75. The van der Waals surface area contributed by atoms with Crippen LogP contribution in [0.25, 0.3) is 0 Å². The van der Waals surface area contributed by atoms with Gasteiger partial charge in [-0.2, -0.15) is 5.10 Å². The van der Waals surface area contributed by atoms with Gasteiger partial charge in [-0.25, -0.2) is 8.42 Å². The van der Waals surface area contributed by atoms with Crippen molar-refractivity contribution in [3.8, 4) is 0 Å². The zero-order valence-electron chi connectivity index (χ0n) is 16.0. The second-order valence-electron chi connectivity index (χ2n) is 7.38. The second-order valence-corrected chi connectivity index (χ2v) is 9.60. The van der Waals surface area contributed by atoms with Crippen LogP contribution in [-0.4, -0.2) is 49.2 Å². The summed E-state index contributed by atoms with van der Waals surface area (Å²) in [5.41, 5.74) is 3.78. The number of benzene rings is 1. The van der Waals surface area contributed by atoms with Crippen LogP contribution < -0.4 is 10.2 Å². The lowest BCUT2D eigenvalue weighted by Gasteiger charge is -2.15. The van der Waals surface area contributed by atoms with Crippen LogP contribution in [-0.2, 0) is 21.2 Å². The minimum atomic E-state index is -2.95. The number of sulfone groups is 1. The van der Waals surface area contributed by atoms with Gasteiger partial charge in [0.25, 0.3) is 5.91 Å². The van der Waals surface area contributed by atoms with Crippen molar-refractivity contribution in [3.63, 3.8) is 0 Å². The lowest BCUT2D eigenvalue weighted by atomic mass is 10.1. The molecule has 0 aliphatic carbocycles. The number of hydrogen-bond donors (Lipinski definition) is 2. The number of nitrogens with one attached hydrogen (secondary N) is 2. The lowest BCUT2D eigenvalue weighted by Crippen LogP contribution is -3.08. The van der Waals surface area contributed by atoms with Gasteiger partial charge in [0.05, 0.1) is 35.9 Å². The number of nitrogens with zero attached hydrogens (tertiary/aromatic N) is 2. The number of aryl methyl sites for hydroxylation is 1. The van der Waals surface area contributed by atoms with Crippen LogP contribution in [0.4, 0.5) is 5.69 Å². The van der Waals surface area contributed by atoms with Gasteiger partial charge in [0.1, 0.15) is 6.54 Å². The third-order valence-electron chi connectivity index (χ3n) is 5.03. The Labute approximate surface area is 160 Å². The van der Waals surface area contributed by atoms with Crippen molar-refractivity contribution < 1.29 is 18.1 Å². The van der Waals surface area contributed by atoms with E-state index in [9.17, 15) is 13.2 Å². The molecule has 1 aromatic carbocycles. The van der Waals surface area contributed by atoms with Gasteiger partial charge >= 0.3 is 0 Å². The third-order valence-corrected chi connectivity index (χ3v) is 6.78. The molecule has 1 saturated heterocycles. The van der Waals surface area contributed by atoms with E-state index in [0.29, 0.717) is 19.5 Å². The van der Waals surface area contributed by atoms with E-state index in [4.69, 9.17) is 0 Å². The quantitative estimate of drug-likeness (QED) is 0.752. The van der Waals surface area contributed by atoms with E-state index in [1.54, 1.807) is 0 Å². The van der Waals surface area contributed by atoms with Gasteiger partial charge in [-0.15, -0.1) is 0 Å². The number of carbonyl (C=O) groups excluding carboxylic acids is 1. The number of carbonyl (C=O) groups is 1. The molecular formula is C19H27N4O3S+. The molecule has 0 radical (unpaired) electrons. The van der Waals surface area contributed by atoms with E-state index in [1.165, 1.54) is 0 Å². The van der Waals surface area contributed by atoms with Gasteiger partial charge in [-0.1, -0.05) is 18.2 Å². The SMILES string of the molecule is Cc1nn([C@@H]2CCS(=O)(=O)C2)c(C)c1C[NH+](C)CC(=O)Nc1ccccc1. The Kier molecular flexibility index (Phi) is 5.67. The van der Waals surface area contributed by atoms with Crippen LogP contribution in [0.5, 0.6) is 0 Å². The van der Waals surface area contributed by atoms with E-state index in [-0.39, 0.29) is 23.5 Å². The topological polar surface area (TPSA) is 85.5 Å². The predicted molar refractivity (Wildman–Crippen MR) is 105 cm³/mol. The van der Waals surface area contributed by atoms with Crippen LogP contribution in [0.3, 0.4) is 0 Å². The molecule has 2 N–H and O–H groups in total. The Bertz CT molecular complexity index is 922. The molecular weight excluding hydrogens is 364 g/mol. The summed E-state index contributed by atoms with van der Waals surface area (Å²) < 4.78 is 25.4. The monoisotopic (exact) mass is 391 g/mol. The van der Waals surface area contributed by atoms with Crippen molar-refractivity contribution in [2.45, 2.75) is 32.9 Å². The fraction of sp³-hybridized carbons (Fsp3) is 0.474. The number of amides is 1. The van der Waals surface area contributed by atoms with E-state index >= 15 is 0 Å². The van der Waals surface area contributed by atoms with Crippen LogP contribution in [0.15, 0.2) is 30.3 Å². The molecule has 0 spiro atoms. The molecule has 0 saturated carbocycles. The summed E-state index contributed by atoms with van der Waals surface area (Å²) in [7, 11) is -0.979. The molecule has 1 amide bonds. The van der Waals surface area contributed by atoms with Gasteiger partial charge < -0.3 is 10.2 Å². The maximum atomic E-state index is 12.2. The highest BCUT2D eigenvalue weighted by Crippen LogP contribution is 2.26. The smallest absolute Gasteiger partial charge is 0.279 e. The molecule has 1 aliphatic rings. The first-order valence-corrected chi connectivity index (χ1v) is 11.0. The van der Waals surface area contributed by atoms with Crippen molar-refractivity contribution in [1.29, 1.82) is 0 Å². The molecule has 7 nitrogen and oxygen atoms in total. The molecule has 2 heterocycles. The van der Waals surface area contributed by atoms with Crippen molar-refractivity contribution in [1.82, 2.24) is 9.78 Å². The van der Waals surface area contributed by atoms with Crippen molar-refractivity contribution in [3.05, 3.63) is 47.3 Å². The summed E-state index contributed by atoms with van der Waals surface area (Å²) in [6.07, 6.45) is 0.617. The number of rotatable bonds is 6. The van der Waals surface area contributed by atoms with E-state index < -0.39 is 9.84 Å². The van der Waals surface area contributed by atoms with Crippen LogP contribution in [0, 0.1) is 13.8 Å². The number of likely N-dealkylation sites (N-methyl/N-ethyl adjacent to an activating group) is 1. The van der Waals surface area contributed by atoms with E-state index in [1.807, 2.05) is 55.9 Å². The Morgan fingerprint density at radius 3 is 2.63 bits per heavy atom. The highest BCUT2D eigenvalue weighted by atomic mass is 32.2. The van der Waals surface area contributed by atoms with Crippen LogP contribution >= 0.6 is 0 Å². The maximum absolute atomic E-state index is 12.2. The van der Waals surface area contributed by atoms with Crippen LogP contribution in [0.2, 0.25) is 0 Å². The second kappa shape index (κ2) is 7.82. The van der Waals surface area contributed by atoms with Gasteiger partial charge in [0.2, 0.25) is 0 Å². The van der Waals surface area contributed by atoms with E-state index in [2.05, 4.69) is 10.4 Å². The fourth-order valence-corrected chi connectivity index (χ4v) is 5.33. The molecule has 1 aliphatic heterocycles. The first-order chi connectivity index (χ1) is 12.7. The molecule has 2 atom stereocenters. The summed E-state index contributed by atoms with van der Waals surface area (Å²) in [5, 5.41) is 7.50. The zero-order chi connectivity index (χ0) is 19.6. The average molecular weight is 392 g/mol. The molecule has 1 unspecified atom stereocenters. The summed E-state index contributed by atoms with van der Waals surface area (Å²) in [4.78, 5) is 13.3. The maximum Gasteiger partial charge on any atom is 0.279 e. The highest BCUT2D eigenvalue weighted by Gasteiger charge is 2.31. The van der Waals surface area contributed by atoms with Crippen LogP contribution in [0.1, 0.15) is 29.4 Å². The average Bonchev–Trinajstić information content (AvgIpc) is 3.09. The molecule has 2 aromatic rings. The number of anilines is 1. The standard InChI is InChI=1S/C19H26N4O3S/c1-14-18(15(2)23(21-14)17-9-10-27(25,26)13-17)11-22(3)12-19(24)20-16-7-5-4-6-8-16/h4-8,17H,9-13H2,1-3H3,(H,20,24)/p+1/t17-/m1/s1. The summed E-state index contributed by atoms with van der Waals surface area (Å²) in [6, 6.07) is 9.32. The molecule has 146 valence electrons. The first-order valence-electron chi connectivity index (χ1n) is 9.16. The molecule has 3 rings (SSSR count). The van der Waals surface area contributed by atoms with Crippen molar-refractivity contribution in [2.24, 2.45) is 0 Å². The molecule has 27 heavy (non-hydrogen) atoms. The van der Waals surface area contributed by atoms with Crippen molar-refractivity contribution in [2.75, 3.05) is 30.4 Å². The normalized spacial score (nSPS) is 19.7. The number of para-hydroxylation sites is 1. The Balaban J connectivity index is 1.64. The minimum absolute atomic E-state index is 0.0386. The number of quaternary nitrogens is 1. The molecule has 1 aromatic heterocycles. The minimum Gasteiger partial charge on any atom is -0.326 e. The lowest BCUT2D eigenvalue weighted by molar-refractivity contribution is -0.885. The van der Waals surface area contributed by atoms with Gasteiger partial charge in [0, 0.05) is 11.4 Å². The molecule has 1 fully saturated rings. The summed E-state index contributed by atoms with van der Waals surface area (Å²) in [6.45, 7) is 4.94. The molecule has 8 heteroatoms. The van der Waals surface area contributed by atoms with E-state index in [0.717, 1.165) is 27.5 Å². The largest absolute Gasteiger partial charge is 0.326 e. The molecule has 0 bridgehead atoms. The summed E-state index contributed by atoms with van der Waals surface area (Å²) in [5.74, 6) is 0.357. The Hall–Kier alpha value is -2.19. The summed E-state index contributed by atoms with van der Waals surface area (Å²) >= 11 is 0. The van der Waals surface area contributed by atoms with Gasteiger partial charge in [-0.3, -0.25) is 9.48 Å². The first kappa shape index (κ1) is 19.6. The van der Waals surface area contributed by atoms with Gasteiger partial charge in [-0.05, 0) is 32.4 Å². The number of hydrogen-bond acceptors (Lipinski definition) is 4. The number of aromatic nitrogens is 2. The predicted octanol–water partition coefficient (Wildman–Crippen LogP) is 0.513. The van der Waals surface area contributed by atoms with Crippen molar-refractivity contribution >= 4 is 21.4 Å².